The van der Waals surface area contributed by atoms with Crippen LogP contribution in [0.3, 0.4) is 0 Å². The van der Waals surface area contributed by atoms with E-state index >= 15 is 0 Å². The first-order chi connectivity index (χ1) is 6.93. The third-order valence-corrected chi connectivity index (χ3v) is 2.66. The Kier molecular flexibility index (Phi) is 3.91. The summed E-state index contributed by atoms with van der Waals surface area (Å²) in [6.07, 6.45) is 4.98. The van der Waals surface area contributed by atoms with Gasteiger partial charge in [-0.3, -0.25) is 0 Å². The van der Waals surface area contributed by atoms with Gasteiger partial charge < -0.3 is 9.47 Å². The molecule has 0 saturated carbocycles. The molecular formula is C12H20O3. The molecule has 1 rings (SSSR count). The Morgan fingerprint density at radius 2 is 2.27 bits per heavy atom. The third kappa shape index (κ3) is 3.67. The monoisotopic (exact) mass is 212 g/mol. The van der Waals surface area contributed by atoms with Gasteiger partial charge in [0.15, 0.2) is 0 Å². The smallest absolute Gasteiger partial charge is 0.330 e. The van der Waals surface area contributed by atoms with Gasteiger partial charge in [-0.25, -0.2) is 4.79 Å². The lowest BCUT2D eigenvalue weighted by Crippen LogP contribution is -2.34. The summed E-state index contributed by atoms with van der Waals surface area (Å²) >= 11 is 0. The van der Waals surface area contributed by atoms with Gasteiger partial charge in [-0.15, -0.1) is 0 Å². The Morgan fingerprint density at radius 1 is 1.60 bits per heavy atom. The second kappa shape index (κ2) is 4.79. The first kappa shape index (κ1) is 12.2. The van der Waals surface area contributed by atoms with Gasteiger partial charge in [0.1, 0.15) is 6.10 Å². The van der Waals surface area contributed by atoms with Crippen LogP contribution in [0.5, 0.6) is 0 Å². The van der Waals surface area contributed by atoms with Crippen LogP contribution in [0.4, 0.5) is 0 Å². The molecule has 0 aromatic carbocycles. The molecule has 2 atom stereocenters. The van der Waals surface area contributed by atoms with E-state index in [-0.39, 0.29) is 23.6 Å². The summed E-state index contributed by atoms with van der Waals surface area (Å²) in [6.45, 7) is 6.38. The summed E-state index contributed by atoms with van der Waals surface area (Å²) in [4.78, 5) is 11.0. The van der Waals surface area contributed by atoms with E-state index in [1.165, 1.54) is 6.08 Å². The molecular weight excluding hydrogens is 192 g/mol. The Morgan fingerprint density at radius 3 is 2.73 bits per heavy atom. The molecule has 3 nitrogen and oxygen atoms in total. The molecule has 86 valence electrons. The summed E-state index contributed by atoms with van der Waals surface area (Å²) < 4.78 is 10.6. The van der Waals surface area contributed by atoms with E-state index in [0.717, 1.165) is 12.8 Å². The van der Waals surface area contributed by atoms with Crippen molar-refractivity contribution in [3.05, 3.63) is 12.2 Å². The summed E-state index contributed by atoms with van der Waals surface area (Å²) in [5, 5.41) is 0. The van der Waals surface area contributed by atoms with Gasteiger partial charge in [0.05, 0.1) is 6.10 Å². The van der Waals surface area contributed by atoms with Gasteiger partial charge in [0, 0.05) is 26.0 Å². The van der Waals surface area contributed by atoms with E-state index in [2.05, 4.69) is 20.8 Å². The van der Waals surface area contributed by atoms with Gasteiger partial charge in [-0.2, -0.15) is 0 Å². The van der Waals surface area contributed by atoms with Crippen LogP contribution < -0.4 is 0 Å². The maximum atomic E-state index is 11.0. The number of esters is 1. The fourth-order valence-electron chi connectivity index (χ4n) is 1.75. The van der Waals surface area contributed by atoms with Crippen molar-refractivity contribution in [2.45, 2.75) is 45.8 Å². The average molecular weight is 212 g/mol. The van der Waals surface area contributed by atoms with Crippen LogP contribution >= 0.6 is 0 Å². The number of hydrogen-bond acceptors (Lipinski definition) is 3. The van der Waals surface area contributed by atoms with Gasteiger partial charge in [-0.1, -0.05) is 26.8 Å². The Hall–Kier alpha value is -0.830. The highest BCUT2D eigenvalue weighted by molar-refractivity contribution is 5.82. The first-order valence-electron chi connectivity index (χ1n) is 5.33. The molecule has 0 N–H and O–H groups in total. The maximum absolute atomic E-state index is 11.0. The molecule has 2 unspecified atom stereocenters. The van der Waals surface area contributed by atoms with Crippen LogP contribution in [0.25, 0.3) is 0 Å². The molecule has 0 aliphatic carbocycles. The number of carbonyl (C=O) groups excluding carboxylic acids is 1. The number of cyclic esters (lactones) is 1. The predicted molar refractivity (Wildman–Crippen MR) is 58.5 cm³/mol. The normalized spacial score (nSPS) is 23.7. The maximum Gasteiger partial charge on any atom is 0.330 e. The van der Waals surface area contributed by atoms with Gasteiger partial charge in [0.2, 0.25) is 0 Å². The highest BCUT2D eigenvalue weighted by Gasteiger charge is 2.29. The lowest BCUT2D eigenvalue weighted by Gasteiger charge is -2.32. The van der Waals surface area contributed by atoms with E-state index < -0.39 is 0 Å². The average Bonchev–Trinajstić information content (AvgIpc) is 2.12. The fourth-order valence-corrected chi connectivity index (χ4v) is 1.75. The van der Waals surface area contributed by atoms with Crippen molar-refractivity contribution in [2.75, 3.05) is 7.11 Å². The standard InChI is InChI=1S/C12H20O3/c1-12(2,3)10(14-4)8-9-6-5-7-11(13)15-9/h5,7,9-10H,6,8H2,1-4H3. The van der Waals surface area contributed by atoms with Crippen molar-refractivity contribution in [2.24, 2.45) is 5.41 Å². The highest BCUT2D eigenvalue weighted by Crippen LogP contribution is 2.27. The van der Waals surface area contributed by atoms with Crippen molar-refractivity contribution < 1.29 is 14.3 Å². The summed E-state index contributed by atoms with van der Waals surface area (Å²) in [7, 11) is 1.70. The van der Waals surface area contributed by atoms with Crippen LogP contribution in [-0.2, 0) is 14.3 Å². The Labute approximate surface area is 91.4 Å². The number of rotatable bonds is 3. The van der Waals surface area contributed by atoms with E-state index in [1.807, 2.05) is 6.08 Å². The zero-order valence-corrected chi connectivity index (χ0v) is 9.95. The largest absolute Gasteiger partial charge is 0.459 e. The van der Waals surface area contributed by atoms with Crippen molar-refractivity contribution >= 4 is 5.97 Å². The molecule has 1 heterocycles. The Bertz CT molecular complexity index is 250. The summed E-state index contributed by atoms with van der Waals surface area (Å²) in [5.41, 5.74) is 0.0717. The number of carbonyl (C=O) groups is 1. The molecule has 3 heteroatoms. The molecule has 0 amide bonds. The van der Waals surface area contributed by atoms with Crippen molar-refractivity contribution in [1.82, 2.24) is 0 Å². The molecule has 0 bridgehead atoms. The van der Waals surface area contributed by atoms with Crippen LogP contribution in [-0.4, -0.2) is 25.3 Å². The van der Waals surface area contributed by atoms with Crippen molar-refractivity contribution in [3.63, 3.8) is 0 Å². The molecule has 0 saturated heterocycles. The zero-order chi connectivity index (χ0) is 11.5. The van der Waals surface area contributed by atoms with E-state index in [0.29, 0.717) is 0 Å². The van der Waals surface area contributed by atoms with Gasteiger partial charge in [0.25, 0.3) is 0 Å². The Balaban J connectivity index is 2.53. The lowest BCUT2D eigenvalue weighted by molar-refractivity contribution is -0.146. The van der Waals surface area contributed by atoms with E-state index in [1.54, 1.807) is 7.11 Å². The number of hydrogen-bond donors (Lipinski definition) is 0. The molecule has 0 fully saturated rings. The molecule has 1 aliphatic rings. The highest BCUT2D eigenvalue weighted by atomic mass is 16.5. The predicted octanol–water partition coefficient (Wildman–Crippen LogP) is 2.31. The second-order valence-corrected chi connectivity index (χ2v) is 5.02. The summed E-state index contributed by atoms with van der Waals surface area (Å²) in [5.74, 6) is -0.241. The van der Waals surface area contributed by atoms with Crippen LogP contribution in [0.2, 0.25) is 0 Å². The van der Waals surface area contributed by atoms with Crippen LogP contribution in [0.1, 0.15) is 33.6 Å². The number of methoxy groups -OCH3 is 1. The van der Waals surface area contributed by atoms with Gasteiger partial charge >= 0.3 is 5.97 Å². The molecule has 15 heavy (non-hydrogen) atoms. The second-order valence-electron chi connectivity index (χ2n) is 5.02. The molecule has 1 aliphatic heterocycles. The van der Waals surface area contributed by atoms with E-state index in [4.69, 9.17) is 9.47 Å². The SMILES string of the molecule is COC(CC1CC=CC(=O)O1)C(C)(C)C. The van der Waals surface area contributed by atoms with Crippen molar-refractivity contribution in [3.8, 4) is 0 Å². The molecule has 0 aromatic rings. The van der Waals surface area contributed by atoms with E-state index in [9.17, 15) is 4.79 Å². The molecule has 0 radical (unpaired) electrons. The minimum absolute atomic E-state index is 0.0355. The van der Waals surface area contributed by atoms with Crippen molar-refractivity contribution in [1.29, 1.82) is 0 Å². The lowest BCUT2D eigenvalue weighted by atomic mass is 9.85. The minimum Gasteiger partial charge on any atom is -0.459 e. The number of ether oxygens (including phenoxy) is 2. The summed E-state index contributed by atoms with van der Waals surface area (Å²) in [6, 6.07) is 0. The third-order valence-electron chi connectivity index (χ3n) is 2.66. The van der Waals surface area contributed by atoms with Crippen LogP contribution in [0, 0.1) is 5.41 Å². The fraction of sp³-hybridized carbons (Fsp3) is 0.750. The molecule has 0 spiro atoms. The molecule has 0 aromatic heterocycles. The van der Waals surface area contributed by atoms with Gasteiger partial charge in [-0.05, 0) is 5.41 Å². The van der Waals surface area contributed by atoms with Crippen LogP contribution in [0.15, 0.2) is 12.2 Å². The zero-order valence-electron chi connectivity index (χ0n) is 9.95. The quantitative estimate of drug-likeness (QED) is 0.673. The first-order valence-corrected chi connectivity index (χ1v) is 5.33. The minimum atomic E-state index is -0.241. The topological polar surface area (TPSA) is 35.5 Å².